The molecule has 3 nitrogen and oxygen atoms in total. The molecule has 0 fully saturated rings. The predicted molar refractivity (Wildman–Crippen MR) is 53.7 cm³/mol. The van der Waals surface area contributed by atoms with Crippen molar-refractivity contribution in [2.24, 2.45) is 0 Å². The van der Waals surface area contributed by atoms with Crippen molar-refractivity contribution in [3.63, 3.8) is 0 Å². The van der Waals surface area contributed by atoms with E-state index in [1.807, 2.05) is 4.68 Å². The molecule has 0 N–H and O–H groups in total. The fourth-order valence-corrected chi connectivity index (χ4v) is 1.58. The molecule has 0 aliphatic heterocycles. The quantitative estimate of drug-likeness (QED) is 0.697. The SMILES string of the molecule is CCCc1nnn(CCC)c1CC. The van der Waals surface area contributed by atoms with Crippen LogP contribution in [0.3, 0.4) is 0 Å². The van der Waals surface area contributed by atoms with E-state index in [1.54, 1.807) is 0 Å². The molecule has 0 bridgehead atoms. The van der Waals surface area contributed by atoms with Crippen LogP contribution in [0.5, 0.6) is 0 Å². The molecule has 0 saturated heterocycles. The fourth-order valence-electron chi connectivity index (χ4n) is 1.58. The Hall–Kier alpha value is -0.860. The highest BCUT2D eigenvalue weighted by atomic mass is 15.4. The van der Waals surface area contributed by atoms with Crippen LogP contribution < -0.4 is 0 Å². The van der Waals surface area contributed by atoms with Crippen molar-refractivity contribution in [2.45, 2.75) is 53.0 Å². The number of nitrogens with zero attached hydrogens (tertiary/aromatic N) is 3. The molecule has 13 heavy (non-hydrogen) atoms. The third-order valence-corrected chi connectivity index (χ3v) is 2.18. The van der Waals surface area contributed by atoms with Crippen molar-refractivity contribution < 1.29 is 0 Å². The maximum Gasteiger partial charge on any atom is 0.0858 e. The molecule has 1 aromatic rings. The standard InChI is InChI=1S/C10H19N3/c1-4-7-9-10(6-3)13(8-5-2)12-11-9/h4-8H2,1-3H3. The summed E-state index contributed by atoms with van der Waals surface area (Å²) in [5, 5.41) is 8.37. The lowest BCUT2D eigenvalue weighted by Gasteiger charge is -2.03. The monoisotopic (exact) mass is 181 g/mol. The zero-order chi connectivity index (χ0) is 9.68. The lowest BCUT2D eigenvalue weighted by Crippen LogP contribution is -2.04. The third-order valence-electron chi connectivity index (χ3n) is 2.18. The first-order valence-electron chi connectivity index (χ1n) is 5.24. The Balaban J connectivity index is 2.82. The van der Waals surface area contributed by atoms with E-state index in [0.29, 0.717) is 0 Å². The van der Waals surface area contributed by atoms with Crippen LogP contribution in [-0.4, -0.2) is 15.0 Å². The minimum Gasteiger partial charge on any atom is -0.249 e. The van der Waals surface area contributed by atoms with Gasteiger partial charge in [0.25, 0.3) is 0 Å². The normalized spacial score (nSPS) is 10.7. The van der Waals surface area contributed by atoms with E-state index >= 15 is 0 Å². The Morgan fingerprint density at radius 1 is 1.15 bits per heavy atom. The van der Waals surface area contributed by atoms with Crippen LogP contribution in [-0.2, 0) is 19.4 Å². The van der Waals surface area contributed by atoms with E-state index in [4.69, 9.17) is 0 Å². The molecule has 0 aliphatic rings. The van der Waals surface area contributed by atoms with Crippen LogP contribution in [0.15, 0.2) is 0 Å². The molecule has 0 spiro atoms. The topological polar surface area (TPSA) is 30.7 Å². The van der Waals surface area contributed by atoms with E-state index in [9.17, 15) is 0 Å². The highest BCUT2D eigenvalue weighted by Crippen LogP contribution is 2.09. The summed E-state index contributed by atoms with van der Waals surface area (Å²) in [5.74, 6) is 0. The minimum atomic E-state index is 1.000. The first-order valence-corrected chi connectivity index (χ1v) is 5.24. The van der Waals surface area contributed by atoms with Gasteiger partial charge in [0.05, 0.1) is 11.4 Å². The molecule has 0 unspecified atom stereocenters. The summed E-state index contributed by atoms with van der Waals surface area (Å²) in [6.07, 6.45) is 4.38. The zero-order valence-electron chi connectivity index (χ0n) is 8.88. The predicted octanol–water partition coefficient (Wildman–Crippen LogP) is 2.20. The first kappa shape index (κ1) is 10.2. The smallest absolute Gasteiger partial charge is 0.0858 e. The molecule has 0 saturated carbocycles. The summed E-state index contributed by atoms with van der Waals surface area (Å²) in [7, 11) is 0. The highest BCUT2D eigenvalue weighted by Gasteiger charge is 2.08. The molecule has 1 aromatic heterocycles. The van der Waals surface area contributed by atoms with Gasteiger partial charge in [0, 0.05) is 6.54 Å². The lowest BCUT2D eigenvalue weighted by atomic mass is 10.2. The molecule has 0 amide bonds. The second-order valence-electron chi connectivity index (χ2n) is 3.31. The van der Waals surface area contributed by atoms with Gasteiger partial charge >= 0.3 is 0 Å². The summed E-state index contributed by atoms with van der Waals surface area (Å²) in [6.45, 7) is 7.52. The molecule has 1 heterocycles. The second kappa shape index (κ2) is 5.00. The maximum absolute atomic E-state index is 4.21. The number of rotatable bonds is 5. The summed E-state index contributed by atoms with van der Waals surface area (Å²) in [4.78, 5) is 0. The average molecular weight is 181 g/mol. The molecular formula is C10H19N3. The van der Waals surface area contributed by atoms with Gasteiger partial charge in [-0.25, -0.2) is 4.68 Å². The Bertz CT molecular complexity index is 229. The van der Waals surface area contributed by atoms with Gasteiger partial charge in [0.2, 0.25) is 0 Å². The lowest BCUT2D eigenvalue weighted by molar-refractivity contribution is 0.557. The summed E-state index contributed by atoms with van der Waals surface area (Å²) in [6, 6.07) is 0. The van der Waals surface area contributed by atoms with Gasteiger partial charge in [-0.05, 0) is 19.3 Å². The Labute approximate surface area is 80.1 Å². The Kier molecular flexibility index (Phi) is 3.93. The Morgan fingerprint density at radius 3 is 2.46 bits per heavy atom. The molecule has 0 atom stereocenters. The van der Waals surface area contributed by atoms with Crippen LogP contribution in [0.1, 0.15) is 45.0 Å². The van der Waals surface area contributed by atoms with Gasteiger partial charge in [-0.2, -0.15) is 0 Å². The third kappa shape index (κ3) is 2.29. The fraction of sp³-hybridized carbons (Fsp3) is 0.800. The van der Waals surface area contributed by atoms with Crippen LogP contribution in [0, 0.1) is 0 Å². The van der Waals surface area contributed by atoms with Gasteiger partial charge < -0.3 is 0 Å². The molecule has 3 heteroatoms. The van der Waals surface area contributed by atoms with Gasteiger partial charge in [-0.1, -0.05) is 32.4 Å². The molecule has 1 rings (SSSR count). The van der Waals surface area contributed by atoms with E-state index in [2.05, 4.69) is 31.1 Å². The number of hydrogen-bond acceptors (Lipinski definition) is 2. The van der Waals surface area contributed by atoms with E-state index < -0.39 is 0 Å². The van der Waals surface area contributed by atoms with Crippen molar-refractivity contribution >= 4 is 0 Å². The second-order valence-corrected chi connectivity index (χ2v) is 3.31. The van der Waals surface area contributed by atoms with Gasteiger partial charge in [0.15, 0.2) is 0 Å². The van der Waals surface area contributed by atoms with Crippen LogP contribution >= 0.6 is 0 Å². The summed E-state index contributed by atoms with van der Waals surface area (Å²) >= 11 is 0. The average Bonchev–Trinajstić information content (AvgIpc) is 2.49. The number of aryl methyl sites for hydroxylation is 2. The number of aromatic nitrogens is 3. The maximum atomic E-state index is 4.21. The Morgan fingerprint density at radius 2 is 1.92 bits per heavy atom. The van der Waals surface area contributed by atoms with Crippen molar-refractivity contribution in [1.82, 2.24) is 15.0 Å². The largest absolute Gasteiger partial charge is 0.249 e. The van der Waals surface area contributed by atoms with E-state index in [1.165, 1.54) is 11.4 Å². The summed E-state index contributed by atoms with van der Waals surface area (Å²) < 4.78 is 2.05. The van der Waals surface area contributed by atoms with Gasteiger partial charge in [0.1, 0.15) is 0 Å². The highest BCUT2D eigenvalue weighted by molar-refractivity contribution is 5.10. The van der Waals surface area contributed by atoms with Crippen molar-refractivity contribution in [3.8, 4) is 0 Å². The summed E-state index contributed by atoms with van der Waals surface area (Å²) in [5.41, 5.74) is 2.52. The van der Waals surface area contributed by atoms with Crippen LogP contribution in [0.2, 0.25) is 0 Å². The minimum absolute atomic E-state index is 1.000. The van der Waals surface area contributed by atoms with Gasteiger partial charge in [-0.15, -0.1) is 5.10 Å². The van der Waals surface area contributed by atoms with Crippen molar-refractivity contribution in [3.05, 3.63) is 11.4 Å². The first-order chi connectivity index (χ1) is 6.33. The molecule has 74 valence electrons. The molecule has 0 aliphatic carbocycles. The number of hydrogen-bond donors (Lipinski definition) is 0. The molecule has 0 radical (unpaired) electrons. The molecular weight excluding hydrogens is 162 g/mol. The molecule has 0 aromatic carbocycles. The van der Waals surface area contributed by atoms with Crippen molar-refractivity contribution in [2.75, 3.05) is 0 Å². The van der Waals surface area contributed by atoms with Crippen LogP contribution in [0.25, 0.3) is 0 Å². The zero-order valence-corrected chi connectivity index (χ0v) is 8.88. The van der Waals surface area contributed by atoms with Crippen LogP contribution in [0.4, 0.5) is 0 Å². The van der Waals surface area contributed by atoms with Gasteiger partial charge in [-0.3, -0.25) is 0 Å². The van der Waals surface area contributed by atoms with E-state index in [-0.39, 0.29) is 0 Å². The van der Waals surface area contributed by atoms with Crippen molar-refractivity contribution in [1.29, 1.82) is 0 Å². The van der Waals surface area contributed by atoms with E-state index in [0.717, 1.165) is 32.2 Å².